The van der Waals surface area contributed by atoms with Crippen molar-refractivity contribution in [1.29, 1.82) is 5.26 Å². The van der Waals surface area contributed by atoms with E-state index in [1.165, 1.54) is 17.5 Å². The molecular weight excluding hydrogens is 186 g/mol. The molecule has 0 spiro atoms. The number of rotatable bonds is 1. The second-order valence-electron chi connectivity index (χ2n) is 4.91. The predicted octanol–water partition coefficient (Wildman–Crippen LogP) is 2.42. The highest BCUT2D eigenvalue weighted by Crippen LogP contribution is 2.87. The molecule has 2 heteroatoms. The second kappa shape index (κ2) is 2.04. The van der Waals surface area contributed by atoms with Crippen LogP contribution in [0.15, 0.2) is 18.2 Å². The molecule has 2 saturated carbocycles. The fourth-order valence-corrected chi connectivity index (χ4v) is 3.93. The molecule has 2 fully saturated rings. The third kappa shape index (κ3) is 0.587. The quantitative estimate of drug-likeness (QED) is 0.692. The summed E-state index contributed by atoms with van der Waals surface area (Å²) in [6.45, 7) is 0. The van der Waals surface area contributed by atoms with Gasteiger partial charge in [-0.05, 0) is 35.6 Å². The van der Waals surface area contributed by atoms with Gasteiger partial charge in [0, 0.05) is 11.8 Å². The van der Waals surface area contributed by atoms with Gasteiger partial charge in [-0.15, -0.1) is 0 Å². The van der Waals surface area contributed by atoms with Gasteiger partial charge in [-0.2, -0.15) is 5.26 Å². The normalized spacial score (nSPS) is 42.3. The molecule has 0 N–H and O–H groups in total. The molecular formula is C13H11NO. The van der Waals surface area contributed by atoms with Gasteiger partial charge in [-0.25, -0.2) is 0 Å². The first-order valence-corrected chi connectivity index (χ1v) is 5.42. The Morgan fingerprint density at radius 1 is 1.47 bits per heavy atom. The van der Waals surface area contributed by atoms with Gasteiger partial charge in [0.05, 0.1) is 18.6 Å². The van der Waals surface area contributed by atoms with Crippen LogP contribution >= 0.6 is 0 Å². The SMILES string of the molecule is COc1ccc2c(c1)C1C3CC2C31C#N. The Bertz CT molecular complexity index is 516. The Morgan fingerprint density at radius 3 is 3.07 bits per heavy atom. The minimum absolute atomic E-state index is 0.00863. The summed E-state index contributed by atoms with van der Waals surface area (Å²) in [5, 5.41) is 9.29. The molecule has 4 atom stereocenters. The standard InChI is InChI=1S/C13H11NO/c1-15-7-2-3-8-9(4-7)12-11-5-10(8)13(11,12)6-14/h2-4,10-12H,5H2,1H3. The molecule has 0 heterocycles. The van der Waals surface area contributed by atoms with Crippen LogP contribution in [0.25, 0.3) is 0 Å². The minimum Gasteiger partial charge on any atom is -0.497 e. The lowest BCUT2D eigenvalue weighted by Gasteiger charge is -2.31. The van der Waals surface area contributed by atoms with E-state index >= 15 is 0 Å². The van der Waals surface area contributed by atoms with Gasteiger partial charge in [0.25, 0.3) is 0 Å². The number of methoxy groups -OCH3 is 1. The van der Waals surface area contributed by atoms with Crippen molar-refractivity contribution in [2.24, 2.45) is 11.3 Å². The first-order chi connectivity index (χ1) is 7.32. The number of benzene rings is 1. The van der Waals surface area contributed by atoms with Crippen molar-refractivity contribution in [3.8, 4) is 11.8 Å². The lowest BCUT2D eigenvalue weighted by molar-refractivity contribution is 0.311. The maximum atomic E-state index is 9.29. The van der Waals surface area contributed by atoms with Crippen LogP contribution in [-0.2, 0) is 0 Å². The monoisotopic (exact) mass is 197 g/mol. The molecule has 0 aliphatic heterocycles. The smallest absolute Gasteiger partial charge is 0.119 e. The molecule has 15 heavy (non-hydrogen) atoms. The van der Waals surface area contributed by atoms with Crippen molar-refractivity contribution in [2.75, 3.05) is 7.11 Å². The molecule has 0 saturated heterocycles. The fraction of sp³-hybridized carbons (Fsp3) is 0.462. The van der Waals surface area contributed by atoms with Gasteiger partial charge in [0.2, 0.25) is 0 Å². The van der Waals surface area contributed by atoms with Gasteiger partial charge < -0.3 is 4.74 Å². The maximum absolute atomic E-state index is 9.29. The van der Waals surface area contributed by atoms with Crippen LogP contribution in [0.4, 0.5) is 0 Å². The Balaban J connectivity index is 1.90. The summed E-state index contributed by atoms with van der Waals surface area (Å²) < 4.78 is 5.24. The molecule has 0 radical (unpaired) electrons. The number of hydrogen-bond donors (Lipinski definition) is 0. The molecule has 3 aliphatic rings. The van der Waals surface area contributed by atoms with Crippen LogP contribution in [0.1, 0.15) is 29.4 Å². The highest BCUT2D eigenvalue weighted by atomic mass is 16.5. The maximum Gasteiger partial charge on any atom is 0.119 e. The molecule has 4 unspecified atom stereocenters. The van der Waals surface area contributed by atoms with Crippen LogP contribution < -0.4 is 4.74 Å². The third-order valence-electron chi connectivity index (χ3n) is 4.69. The van der Waals surface area contributed by atoms with Crippen molar-refractivity contribution < 1.29 is 4.74 Å². The van der Waals surface area contributed by atoms with Crippen molar-refractivity contribution in [2.45, 2.75) is 18.3 Å². The topological polar surface area (TPSA) is 33.0 Å². The second-order valence-corrected chi connectivity index (χ2v) is 4.91. The van der Waals surface area contributed by atoms with Gasteiger partial charge in [-0.3, -0.25) is 0 Å². The molecule has 0 amide bonds. The zero-order valence-electron chi connectivity index (χ0n) is 8.53. The highest BCUT2D eigenvalue weighted by molar-refractivity contribution is 5.61. The summed E-state index contributed by atoms with van der Waals surface area (Å²) in [7, 11) is 1.70. The van der Waals surface area contributed by atoms with Gasteiger partial charge in [0.1, 0.15) is 5.75 Å². The number of fused-ring (bicyclic) bond motifs is 4. The summed E-state index contributed by atoms with van der Waals surface area (Å²) in [5.41, 5.74) is 2.80. The Kier molecular flexibility index (Phi) is 1.05. The fourth-order valence-electron chi connectivity index (χ4n) is 3.93. The number of ether oxygens (including phenoxy) is 1. The molecule has 0 aromatic heterocycles. The lowest BCUT2D eigenvalue weighted by atomic mass is 9.71. The third-order valence-corrected chi connectivity index (χ3v) is 4.69. The number of nitrogens with zero attached hydrogens (tertiary/aromatic N) is 1. The largest absolute Gasteiger partial charge is 0.497 e. The summed E-state index contributed by atoms with van der Waals surface area (Å²) >= 11 is 0. The molecule has 74 valence electrons. The Labute approximate surface area is 88.5 Å². The van der Waals surface area contributed by atoms with Crippen LogP contribution in [0.2, 0.25) is 0 Å². The molecule has 4 rings (SSSR count). The van der Waals surface area contributed by atoms with E-state index in [4.69, 9.17) is 4.74 Å². The van der Waals surface area contributed by atoms with E-state index < -0.39 is 0 Å². The molecule has 0 bridgehead atoms. The van der Waals surface area contributed by atoms with Crippen molar-refractivity contribution in [3.05, 3.63) is 29.3 Å². The van der Waals surface area contributed by atoms with Crippen molar-refractivity contribution in [1.82, 2.24) is 0 Å². The minimum atomic E-state index is 0.00863. The first kappa shape index (κ1) is 7.76. The van der Waals surface area contributed by atoms with Gasteiger partial charge in [-0.1, -0.05) is 6.07 Å². The van der Waals surface area contributed by atoms with Crippen LogP contribution in [0, 0.1) is 22.7 Å². The Morgan fingerprint density at radius 2 is 2.33 bits per heavy atom. The lowest BCUT2D eigenvalue weighted by Crippen LogP contribution is -2.24. The number of hydrogen-bond acceptors (Lipinski definition) is 2. The molecule has 1 aromatic rings. The molecule has 1 aromatic carbocycles. The van der Waals surface area contributed by atoms with Crippen molar-refractivity contribution in [3.63, 3.8) is 0 Å². The van der Waals surface area contributed by atoms with E-state index in [2.05, 4.69) is 18.2 Å². The van der Waals surface area contributed by atoms with E-state index in [0.29, 0.717) is 17.8 Å². The summed E-state index contributed by atoms with van der Waals surface area (Å²) in [4.78, 5) is 0. The van der Waals surface area contributed by atoms with Crippen molar-refractivity contribution >= 4 is 0 Å². The molecule has 3 aliphatic carbocycles. The van der Waals surface area contributed by atoms with Crippen LogP contribution in [-0.4, -0.2) is 7.11 Å². The Hall–Kier alpha value is -1.49. The van der Waals surface area contributed by atoms with E-state index in [-0.39, 0.29) is 5.41 Å². The first-order valence-electron chi connectivity index (χ1n) is 5.42. The van der Waals surface area contributed by atoms with Crippen LogP contribution in [0.5, 0.6) is 5.75 Å². The van der Waals surface area contributed by atoms with Gasteiger partial charge >= 0.3 is 0 Å². The van der Waals surface area contributed by atoms with Gasteiger partial charge in [0.15, 0.2) is 0 Å². The summed E-state index contributed by atoms with van der Waals surface area (Å²) in [5.74, 6) is 2.64. The average Bonchev–Trinajstić information content (AvgIpc) is 2.71. The molecule has 2 nitrogen and oxygen atoms in total. The van der Waals surface area contributed by atoms with Crippen LogP contribution in [0.3, 0.4) is 0 Å². The average molecular weight is 197 g/mol. The van der Waals surface area contributed by atoms with E-state index in [9.17, 15) is 5.26 Å². The summed E-state index contributed by atoms with van der Waals surface area (Å²) in [6.07, 6.45) is 1.23. The zero-order valence-corrected chi connectivity index (χ0v) is 8.53. The number of nitriles is 1. The highest BCUT2D eigenvalue weighted by Gasteiger charge is 2.81. The predicted molar refractivity (Wildman–Crippen MR) is 54.6 cm³/mol. The summed E-state index contributed by atoms with van der Waals surface area (Å²) in [6, 6.07) is 8.86. The zero-order chi connectivity index (χ0) is 10.2. The van der Waals surface area contributed by atoms with E-state index in [1.54, 1.807) is 7.11 Å². The van der Waals surface area contributed by atoms with E-state index in [0.717, 1.165) is 5.75 Å². The van der Waals surface area contributed by atoms with E-state index in [1.807, 2.05) is 6.07 Å².